The van der Waals surface area contributed by atoms with Gasteiger partial charge >= 0.3 is 0 Å². The van der Waals surface area contributed by atoms with Gasteiger partial charge in [-0.05, 0) is 35.9 Å². The molecule has 6 nitrogen and oxygen atoms in total. The van der Waals surface area contributed by atoms with Crippen LogP contribution >= 0.6 is 11.3 Å². The molecule has 2 aromatic carbocycles. The molecule has 2 heterocycles. The summed E-state index contributed by atoms with van der Waals surface area (Å²) in [6.45, 7) is 4.43. The summed E-state index contributed by atoms with van der Waals surface area (Å²) in [7, 11) is 1.63. The number of thiazole rings is 1. The van der Waals surface area contributed by atoms with Crippen LogP contribution in [0.5, 0.6) is 5.75 Å². The molecule has 1 saturated heterocycles. The highest BCUT2D eigenvalue weighted by Crippen LogP contribution is 2.31. The Morgan fingerprint density at radius 2 is 2.00 bits per heavy atom. The van der Waals surface area contributed by atoms with Crippen molar-refractivity contribution in [2.75, 3.05) is 51.4 Å². The van der Waals surface area contributed by atoms with E-state index < -0.39 is 0 Å². The van der Waals surface area contributed by atoms with E-state index in [1.54, 1.807) is 24.1 Å². The average molecular weight is 430 g/mol. The Morgan fingerprint density at radius 3 is 2.73 bits per heavy atom. The van der Waals surface area contributed by atoms with Crippen LogP contribution in [-0.2, 0) is 16.0 Å². The van der Waals surface area contributed by atoms with Crippen LogP contribution in [0.3, 0.4) is 0 Å². The first-order chi connectivity index (χ1) is 14.6. The number of morpholine rings is 1. The Balaban J connectivity index is 1.56. The van der Waals surface area contributed by atoms with Gasteiger partial charge in [0.15, 0.2) is 5.13 Å². The quantitative estimate of drug-likeness (QED) is 0.577. The van der Waals surface area contributed by atoms with Crippen LogP contribution in [0.15, 0.2) is 42.5 Å². The number of ether oxygens (including phenoxy) is 2. The third-order valence-electron chi connectivity index (χ3n) is 5.13. The maximum absolute atomic E-state index is 13.2. The van der Waals surface area contributed by atoms with Crippen molar-refractivity contribution in [2.45, 2.75) is 6.42 Å². The second-order valence-electron chi connectivity index (χ2n) is 7.13. The molecule has 3 aromatic rings. The van der Waals surface area contributed by atoms with Crippen molar-refractivity contribution in [2.24, 2.45) is 0 Å². The van der Waals surface area contributed by atoms with Gasteiger partial charge in [-0.3, -0.25) is 14.6 Å². The molecule has 0 radical (unpaired) electrons. The minimum Gasteiger partial charge on any atom is -0.497 e. The second-order valence-corrected chi connectivity index (χ2v) is 8.14. The van der Waals surface area contributed by atoms with E-state index in [0.29, 0.717) is 24.9 Å². The zero-order valence-corrected chi connectivity index (χ0v) is 17.7. The third kappa shape index (κ3) is 4.95. The lowest BCUT2D eigenvalue weighted by Gasteiger charge is -2.29. The molecule has 1 fully saturated rings. The Kier molecular flexibility index (Phi) is 6.56. The molecule has 0 unspecified atom stereocenters. The fourth-order valence-electron chi connectivity index (χ4n) is 3.40. The third-order valence-corrected chi connectivity index (χ3v) is 6.17. The zero-order chi connectivity index (χ0) is 20.9. The van der Waals surface area contributed by atoms with E-state index in [-0.39, 0.29) is 18.1 Å². The lowest BCUT2D eigenvalue weighted by molar-refractivity contribution is -0.118. The van der Waals surface area contributed by atoms with E-state index in [1.165, 1.54) is 23.5 Å². The molecule has 1 aliphatic heterocycles. The number of carbonyl (C=O) groups is 1. The fraction of sp³-hybridized carbons (Fsp3) is 0.364. The number of rotatable bonds is 7. The van der Waals surface area contributed by atoms with E-state index in [9.17, 15) is 9.18 Å². The Hall–Kier alpha value is -2.55. The number of fused-ring (bicyclic) bond motifs is 1. The summed E-state index contributed by atoms with van der Waals surface area (Å²) < 4.78 is 24.9. The van der Waals surface area contributed by atoms with Crippen LogP contribution in [-0.4, -0.2) is 62.3 Å². The number of halogens is 1. The van der Waals surface area contributed by atoms with Gasteiger partial charge in [-0.1, -0.05) is 23.5 Å². The van der Waals surface area contributed by atoms with Gasteiger partial charge in [0.1, 0.15) is 11.6 Å². The van der Waals surface area contributed by atoms with Gasteiger partial charge in [0, 0.05) is 26.2 Å². The summed E-state index contributed by atoms with van der Waals surface area (Å²) in [5, 5.41) is 0.665. The minimum absolute atomic E-state index is 0.0547. The largest absolute Gasteiger partial charge is 0.497 e. The summed E-state index contributed by atoms with van der Waals surface area (Å²) in [6.07, 6.45) is 0.197. The molecule has 0 spiro atoms. The fourth-order valence-corrected chi connectivity index (χ4v) is 4.44. The second kappa shape index (κ2) is 9.51. The van der Waals surface area contributed by atoms with Crippen LogP contribution in [0, 0.1) is 5.82 Å². The van der Waals surface area contributed by atoms with E-state index in [0.717, 1.165) is 41.2 Å². The van der Waals surface area contributed by atoms with Crippen LogP contribution < -0.4 is 9.64 Å². The molecule has 0 saturated carbocycles. The predicted octanol–water partition coefficient (Wildman–Crippen LogP) is 3.35. The molecule has 1 aliphatic rings. The first kappa shape index (κ1) is 20.7. The number of methoxy groups -OCH3 is 1. The molecule has 158 valence electrons. The molecule has 0 aliphatic carbocycles. The first-order valence-electron chi connectivity index (χ1n) is 9.92. The van der Waals surface area contributed by atoms with E-state index in [1.807, 2.05) is 18.2 Å². The zero-order valence-electron chi connectivity index (χ0n) is 16.8. The highest BCUT2D eigenvalue weighted by Gasteiger charge is 2.22. The van der Waals surface area contributed by atoms with Crippen molar-refractivity contribution < 1.29 is 18.7 Å². The number of hydrogen-bond acceptors (Lipinski definition) is 6. The molecular formula is C22H24FN3O3S. The van der Waals surface area contributed by atoms with Gasteiger partial charge in [0.2, 0.25) is 5.91 Å². The van der Waals surface area contributed by atoms with Crippen molar-refractivity contribution >= 4 is 32.6 Å². The van der Waals surface area contributed by atoms with Gasteiger partial charge in [0.25, 0.3) is 0 Å². The standard InChI is InChI=1S/C22H24FN3O3S/c1-28-18-6-7-19-20(15-18)30-22(24-19)26(9-8-25-10-12-29-13-11-25)21(27)14-16-2-4-17(23)5-3-16/h2-7,15H,8-14H2,1H3. The molecule has 1 amide bonds. The molecule has 0 N–H and O–H groups in total. The van der Waals surface area contributed by atoms with Crippen LogP contribution in [0.25, 0.3) is 10.2 Å². The summed E-state index contributed by atoms with van der Waals surface area (Å²) in [5.74, 6) is 0.395. The van der Waals surface area contributed by atoms with Crippen LogP contribution in [0.2, 0.25) is 0 Å². The van der Waals surface area contributed by atoms with Crippen molar-refractivity contribution in [1.82, 2.24) is 9.88 Å². The highest BCUT2D eigenvalue weighted by molar-refractivity contribution is 7.22. The van der Waals surface area contributed by atoms with Crippen molar-refractivity contribution in [3.63, 3.8) is 0 Å². The number of benzene rings is 2. The van der Waals surface area contributed by atoms with Crippen LogP contribution in [0.4, 0.5) is 9.52 Å². The Bertz CT molecular complexity index is 1000. The van der Waals surface area contributed by atoms with Crippen molar-refractivity contribution in [1.29, 1.82) is 0 Å². The number of amides is 1. The molecule has 0 atom stereocenters. The molecule has 30 heavy (non-hydrogen) atoms. The normalized spacial score (nSPS) is 14.7. The molecule has 4 rings (SSSR count). The molecular weight excluding hydrogens is 405 g/mol. The number of nitrogens with zero attached hydrogens (tertiary/aromatic N) is 3. The summed E-state index contributed by atoms with van der Waals surface area (Å²) in [5.41, 5.74) is 1.61. The van der Waals surface area contributed by atoms with E-state index >= 15 is 0 Å². The first-order valence-corrected chi connectivity index (χ1v) is 10.7. The smallest absolute Gasteiger partial charge is 0.233 e. The Labute approximate surface area is 178 Å². The van der Waals surface area contributed by atoms with Gasteiger partial charge in [-0.2, -0.15) is 0 Å². The lowest BCUT2D eigenvalue weighted by Crippen LogP contribution is -2.43. The van der Waals surface area contributed by atoms with Crippen LogP contribution in [0.1, 0.15) is 5.56 Å². The minimum atomic E-state index is -0.310. The number of anilines is 1. The Morgan fingerprint density at radius 1 is 1.23 bits per heavy atom. The van der Waals surface area contributed by atoms with E-state index in [2.05, 4.69) is 4.90 Å². The number of carbonyl (C=O) groups excluding carboxylic acids is 1. The summed E-state index contributed by atoms with van der Waals surface area (Å²) >= 11 is 1.47. The maximum atomic E-state index is 13.2. The SMILES string of the molecule is COc1ccc2nc(N(CCN3CCOCC3)C(=O)Cc3ccc(F)cc3)sc2c1. The van der Waals surface area contributed by atoms with Gasteiger partial charge in [0.05, 0.1) is 37.0 Å². The van der Waals surface area contributed by atoms with Gasteiger partial charge in [-0.15, -0.1) is 0 Å². The van der Waals surface area contributed by atoms with Gasteiger partial charge in [-0.25, -0.2) is 9.37 Å². The average Bonchev–Trinajstić information content (AvgIpc) is 3.19. The summed E-state index contributed by atoms with van der Waals surface area (Å²) in [4.78, 5) is 21.9. The topological polar surface area (TPSA) is 54.9 Å². The highest BCUT2D eigenvalue weighted by atomic mass is 32.1. The lowest BCUT2D eigenvalue weighted by atomic mass is 10.1. The summed E-state index contributed by atoms with van der Waals surface area (Å²) in [6, 6.07) is 11.8. The maximum Gasteiger partial charge on any atom is 0.233 e. The number of aromatic nitrogens is 1. The molecule has 1 aromatic heterocycles. The van der Waals surface area contributed by atoms with E-state index in [4.69, 9.17) is 14.5 Å². The van der Waals surface area contributed by atoms with Gasteiger partial charge < -0.3 is 9.47 Å². The van der Waals surface area contributed by atoms with Crippen molar-refractivity contribution in [3.05, 3.63) is 53.8 Å². The molecule has 0 bridgehead atoms. The van der Waals surface area contributed by atoms with Crippen molar-refractivity contribution in [3.8, 4) is 5.75 Å². The monoisotopic (exact) mass is 429 g/mol. The predicted molar refractivity (Wildman–Crippen MR) is 116 cm³/mol. The number of hydrogen-bond donors (Lipinski definition) is 0. The molecule has 8 heteroatoms.